The average molecular weight is 803 g/mol. The topological polar surface area (TPSA) is 131 Å². The average Bonchev–Trinajstić information content (AvgIpc) is 3.90. The molecule has 2 atom stereocenters. The molecule has 4 aromatic carbocycles. The molecule has 0 saturated carbocycles. The highest BCUT2D eigenvalue weighted by Gasteiger charge is 2.25. The summed E-state index contributed by atoms with van der Waals surface area (Å²) in [4.78, 5) is 35.5. The Morgan fingerprint density at radius 2 is 0.967 bits per heavy atom. The maximum atomic E-state index is 11.4. The number of fused-ring (bicyclic) bond motifs is 2. The zero-order chi connectivity index (χ0) is 42.2. The molecule has 4 N–H and O–H groups in total. The van der Waals surface area contributed by atoms with Crippen molar-refractivity contribution in [3.8, 4) is 0 Å². The Kier molecular flexibility index (Phi) is 13.3. The molecule has 0 aliphatic carbocycles. The molecule has 10 nitrogen and oxygen atoms in total. The SMILES string of the molecule is CCc1ccc(N(C)c2ccc3c(c2)CN[C@@H]3CCc2cnccc2C(=O)O)cc1.CCc1ccc(N(C)c2ccc3c(c2)CN[C@H]3CCc2cnccc2C(=O)O)cc1. The van der Waals surface area contributed by atoms with Crippen LogP contribution in [0.15, 0.2) is 122 Å². The first-order valence-corrected chi connectivity index (χ1v) is 20.8. The van der Waals surface area contributed by atoms with Gasteiger partial charge in [0.1, 0.15) is 0 Å². The van der Waals surface area contributed by atoms with Gasteiger partial charge in [0.2, 0.25) is 0 Å². The molecular formula is C50H54N6O4. The van der Waals surface area contributed by atoms with Crippen LogP contribution in [-0.2, 0) is 38.8 Å². The minimum absolute atomic E-state index is 0.227. The summed E-state index contributed by atoms with van der Waals surface area (Å²) in [5.41, 5.74) is 14.8. The number of aromatic carboxylic acids is 2. The van der Waals surface area contributed by atoms with Crippen molar-refractivity contribution in [2.45, 2.75) is 77.5 Å². The molecule has 8 rings (SSSR count). The van der Waals surface area contributed by atoms with Crippen LogP contribution in [-0.4, -0.2) is 46.2 Å². The van der Waals surface area contributed by atoms with E-state index in [4.69, 9.17) is 0 Å². The van der Waals surface area contributed by atoms with Crippen molar-refractivity contribution in [1.29, 1.82) is 0 Å². The van der Waals surface area contributed by atoms with Crippen molar-refractivity contribution in [2.75, 3.05) is 23.9 Å². The van der Waals surface area contributed by atoms with E-state index in [9.17, 15) is 19.8 Å². The molecule has 308 valence electrons. The van der Waals surface area contributed by atoms with Gasteiger partial charge < -0.3 is 30.6 Å². The molecule has 2 aliphatic heterocycles. The first kappa shape index (κ1) is 41.8. The highest BCUT2D eigenvalue weighted by Crippen LogP contribution is 2.35. The van der Waals surface area contributed by atoms with E-state index in [1.54, 1.807) is 24.5 Å². The Bertz CT molecular complexity index is 2260. The molecule has 0 saturated heterocycles. The summed E-state index contributed by atoms with van der Waals surface area (Å²) in [6.07, 6.45) is 11.5. The van der Waals surface area contributed by atoms with Crippen LogP contribution in [0.2, 0.25) is 0 Å². The van der Waals surface area contributed by atoms with Crippen molar-refractivity contribution in [1.82, 2.24) is 20.6 Å². The van der Waals surface area contributed by atoms with Gasteiger partial charge in [-0.05, 0) is 144 Å². The third-order valence-corrected chi connectivity index (χ3v) is 12.0. The molecule has 0 unspecified atom stereocenters. The highest BCUT2D eigenvalue weighted by molar-refractivity contribution is 5.89. The van der Waals surface area contributed by atoms with Gasteiger partial charge >= 0.3 is 11.9 Å². The Labute approximate surface area is 353 Å². The second kappa shape index (κ2) is 19.1. The first-order chi connectivity index (χ1) is 29.1. The molecule has 0 bridgehead atoms. The third-order valence-electron chi connectivity index (χ3n) is 12.0. The lowest BCUT2D eigenvalue weighted by Crippen LogP contribution is -2.14. The lowest BCUT2D eigenvalue weighted by molar-refractivity contribution is 0.0684. The molecule has 10 heteroatoms. The fraction of sp³-hybridized carbons (Fsp3) is 0.280. The van der Waals surface area contributed by atoms with Crippen molar-refractivity contribution in [3.05, 3.63) is 177 Å². The fourth-order valence-corrected chi connectivity index (χ4v) is 8.27. The lowest BCUT2D eigenvalue weighted by atomic mass is 9.97. The van der Waals surface area contributed by atoms with Crippen LogP contribution in [0, 0.1) is 0 Å². The summed E-state index contributed by atoms with van der Waals surface area (Å²) in [5.74, 6) is -1.79. The molecular weight excluding hydrogens is 749 g/mol. The van der Waals surface area contributed by atoms with Gasteiger partial charge in [0, 0.05) is 86.8 Å². The van der Waals surface area contributed by atoms with E-state index in [1.165, 1.54) is 68.5 Å². The van der Waals surface area contributed by atoms with Gasteiger partial charge in [0.25, 0.3) is 0 Å². The van der Waals surface area contributed by atoms with Gasteiger partial charge in [-0.25, -0.2) is 9.59 Å². The van der Waals surface area contributed by atoms with E-state index >= 15 is 0 Å². The summed E-state index contributed by atoms with van der Waals surface area (Å²) in [6.45, 7) is 5.99. The van der Waals surface area contributed by atoms with Crippen molar-refractivity contribution < 1.29 is 19.8 Å². The maximum Gasteiger partial charge on any atom is 0.336 e. The standard InChI is InChI=1S/2C25H27N3O2/c2*1-3-17-4-7-20(8-5-17)28(2)21-9-10-22-19(14-21)16-27-24(22)11-6-18-15-26-13-12-23(18)25(29)30/h2*4-5,7-10,12-15,24,27H,3,6,11,16H2,1-2H3,(H,29,30)/t2*24-/m10/s1. The molecule has 0 radical (unpaired) electrons. The van der Waals surface area contributed by atoms with Crippen LogP contribution in [0.3, 0.4) is 0 Å². The third kappa shape index (κ3) is 9.57. The van der Waals surface area contributed by atoms with Gasteiger partial charge in [-0.2, -0.15) is 0 Å². The number of carbonyl (C=O) groups is 2. The van der Waals surface area contributed by atoms with Gasteiger partial charge in [-0.1, -0.05) is 50.2 Å². The summed E-state index contributed by atoms with van der Waals surface area (Å²) >= 11 is 0. The molecule has 6 aromatic rings. The van der Waals surface area contributed by atoms with Gasteiger partial charge in [0.05, 0.1) is 11.1 Å². The second-order valence-corrected chi connectivity index (χ2v) is 15.5. The molecule has 2 aromatic heterocycles. The van der Waals surface area contributed by atoms with E-state index in [-0.39, 0.29) is 12.1 Å². The van der Waals surface area contributed by atoms with Crippen LogP contribution in [0.1, 0.15) is 104 Å². The zero-order valence-electron chi connectivity index (χ0n) is 34.9. The number of rotatable bonds is 14. The lowest BCUT2D eigenvalue weighted by Gasteiger charge is -2.21. The number of carboxylic acid groups (broad SMARTS) is 2. The number of aromatic nitrogens is 2. The number of nitrogens with zero attached hydrogens (tertiary/aromatic N) is 4. The monoisotopic (exact) mass is 802 g/mol. The second-order valence-electron chi connectivity index (χ2n) is 15.5. The number of hydrogen-bond donors (Lipinski definition) is 4. The Balaban J connectivity index is 0.000000181. The first-order valence-electron chi connectivity index (χ1n) is 20.8. The molecule has 4 heterocycles. The minimum atomic E-state index is -0.896. The van der Waals surface area contributed by atoms with Crippen LogP contribution in [0.5, 0.6) is 0 Å². The Hall–Kier alpha value is -6.36. The number of carboxylic acids is 2. The Morgan fingerprint density at radius 3 is 1.33 bits per heavy atom. The summed E-state index contributed by atoms with van der Waals surface area (Å²) in [6, 6.07) is 34.2. The molecule has 0 fully saturated rings. The number of pyridine rings is 2. The summed E-state index contributed by atoms with van der Waals surface area (Å²) in [7, 11) is 4.19. The fourth-order valence-electron chi connectivity index (χ4n) is 8.27. The number of hydrogen-bond acceptors (Lipinski definition) is 8. The highest BCUT2D eigenvalue weighted by atomic mass is 16.4. The van der Waals surface area contributed by atoms with E-state index in [0.717, 1.165) is 49.9 Å². The number of benzene rings is 4. The quantitative estimate of drug-likeness (QED) is 0.0845. The van der Waals surface area contributed by atoms with Gasteiger partial charge in [-0.3, -0.25) is 9.97 Å². The summed E-state index contributed by atoms with van der Waals surface area (Å²) in [5, 5.41) is 25.9. The zero-order valence-corrected chi connectivity index (χ0v) is 34.9. The van der Waals surface area contributed by atoms with E-state index in [2.05, 4.69) is 143 Å². The van der Waals surface area contributed by atoms with Crippen molar-refractivity contribution >= 4 is 34.7 Å². The maximum absolute atomic E-state index is 11.4. The van der Waals surface area contributed by atoms with E-state index in [0.29, 0.717) is 24.0 Å². The van der Waals surface area contributed by atoms with Crippen molar-refractivity contribution in [2.24, 2.45) is 0 Å². The Morgan fingerprint density at radius 1 is 0.583 bits per heavy atom. The molecule has 0 spiro atoms. The van der Waals surface area contributed by atoms with Gasteiger partial charge in [-0.15, -0.1) is 0 Å². The van der Waals surface area contributed by atoms with E-state index in [1.807, 2.05) is 0 Å². The number of aryl methyl sites for hydroxylation is 4. The number of anilines is 4. The van der Waals surface area contributed by atoms with Crippen LogP contribution in [0.25, 0.3) is 0 Å². The molecule has 2 aliphatic rings. The predicted molar refractivity (Wildman–Crippen MR) is 239 cm³/mol. The predicted octanol–water partition coefficient (Wildman–Crippen LogP) is 9.77. The normalized spacial score (nSPS) is 15.1. The van der Waals surface area contributed by atoms with Crippen LogP contribution < -0.4 is 20.4 Å². The van der Waals surface area contributed by atoms with Crippen molar-refractivity contribution in [3.63, 3.8) is 0 Å². The van der Waals surface area contributed by atoms with Crippen LogP contribution >= 0.6 is 0 Å². The largest absolute Gasteiger partial charge is 0.478 e. The van der Waals surface area contributed by atoms with Gasteiger partial charge in [0.15, 0.2) is 0 Å². The molecule has 60 heavy (non-hydrogen) atoms. The van der Waals surface area contributed by atoms with E-state index < -0.39 is 11.9 Å². The number of nitrogens with one attached hydrogen (secondary N) is 2. The molecule has 0 amide bonds. The minimum Gasteiger partial charge on any atom is -0.478 e. The summed E-state index contributed by atoms with van der Waals surface area (Å²) < 4.78 is 0. The van der Waals surface area contributed by atoms with Crippen LogP contribution in [0.4, 0.5) is 22.7 Å². The smallest absolute Gasteiger partial charge is 0.336 e.